The summed E-state index contributed by atoms with van der Waals surface area (Å²) in [4.78, 5) is 55.3. The van der Waals surface area contributed by atoms with Gasteiger partial charge in [0.05, 0.1) is 5.69 Å². The number of aromatic nitrogens is 3. The Hall–Kier alpha value is -3.63. The van der Waals surface area contributed by atoms with Gasteiger partial charge in [0.15, 0.2) is 11.6 Å². The summed E-state index contributed by atoms with van der Waals surface area (Å²) in [5.74, 6) is -0.784. The predicted molar refractivity (Wildman–Crippen MR) is 97.3 cm³/mol. The summed E-state index contributed by atoms with van der Waals surface area (Å²) >= 11 is 0. The lowest BCUT2D eigenvalue weighted by Crippen LogP contribution is -2.28. The highest BCUT2D eigenvalue weighted by Crippen LogP contribution is 2.08. The Balaban J connectivity index is 1.74. The normalized spacial score (nSPS) is 10.1. The van der Waals surface area contributed by atoms with E-state index in [0.717, 1.165) is 6.42 Å². The second-order valence-corrected chi connectivity index (χ2v) is 5.51. The molecule has 144 valence electrons. The zero-order valence-electron chi connectivity index (χ0n) is 14.7. The Kier molecular flexibility index (Phi) is 7.11. The number of rotatable bonds is 10. The first-order valence-electron chi connectivity index (χ1n) is 8.33. The molecule has 11 nitrogen and oxygen atoms in total. The Morgan fingerprint density at radius 2 is 1.89 bits per heavy atom. The molecule has 0 unspecified atom stereocenters. The molecule has 2 heterocycles. The number of carbonyl (C=O) groups excluding carboxylic acids is 4. The molecule has 2 aromatic heterocycles. The number of nitrogens with zero attached hydrogens (tertiary/aromatic N) is 1. The minimum atomic E-state index is -0.406. The summed E-state index contributed by atoms with van der Waals surface area (Å²) in [5, 5.41) is 10.2. The van der Waals surface area contributed by atoms with Gasteiger partial charge in [-0.2, -0.15) is 0 Å². The van der Waals surface area contributed by atoms with Gasteiger partial charge >= 0.3 is 0 Å². The Morgan fingerprint density at radius 3 is 2.63 bits per heavy atom. The summed E-state index contributed by atoms with van der Waals surface area (Å²) in [6.45, 7) is 2.58. The van der Waals surface area contributed by atoms with Crippen LogP contribution in [0.1, 0.15) is 40.9 Å². The zero-order valence-corrected chi connectivity index (χ0v) is 14.7. The fourth-order valence-electron chi connectivity index (χ4n) is 2.09. The van der Waals surface area contributed by atoms with Crippen molar-refractivity contribution in [3.8, 4) is 0 Å². The maximum absolute atomic E-state index is 11.9. The van der Waals surface area contributed by atoms with E-state index in [2.05, 4.69) is 36.2 Å². The molecule has 4 amide bonds. The van der Waals surface area contributed by atoms with E-state index in [1.165, 1.54) is 18.5 Å². The fourth-order valence-corrected chi connectivity index (χ4v) is 2.09. The van der Waals surface area contributed by atoms with E-state index < -0.39 is 5.91 Å². The third-order valence-electron chi connectivity index (χ3n) is 3.39. The predicted octanol–water partition coefficient (Wildman–Crippen LogP) is 0.205. The van der Waals surface area contributed by atoms with Crippen LogP contribution in [-0.2, 0) is 9.59 Å². The maximum atomic E-state index is 11.9. The first kappa shape index (κ1) is 19.7. The zero-order chi connectivity index (χ0) is 19.6. The lowest BCUT2D eigenvalue weighted by molar-refractivity contribution is -0.116. The van der Waals surface area contributed by atoms with E-state index in [1.54, 1.807) is 0 Å². The molecule has 0 saturated heterocycles. The quantitative estimate of drug-likeness (QED) is 0.327. The van der Waals surface area contributed by atoms with Crippen molar-refractivity contribution in [3.05, 3.63) is 30.0 Å². The lowest BCUT2D eigenvalue weighted by Gasteiger charge is -2.04. The van der Waals surface area contributed by atoms with Gasteiger partial charge in [-0.15, -0.1) is 0 Å². The van der Waals surface area contributed by atoms with Crippen LogP contribution in [0.2, 0.25) is 0 Å². The number of hydrogen-bond donors (Lipinski definition) is 6. The SMILES string of the molecule is CCCNC(=O)c1nc(NC(=O)CCNC(=O)c2cc(NC=O)c[nH]2)c[nH]1. The standard InChI is InChI=1S/C16H21N7O4/c1-2-4-17-16(27)14-20-8-12(23-14)22-13(25)3-5-18-15(26)11-6-10(7-19-11)21-9-24/h6-9,19H,2-5H2,1H3,(H,17,27)(H,18,26)(H,20,23)(H,21,24)(H,22,25). The van der Waals surface area contributed by atoms with E-state index >= 15 is 0 Å². The highest BCUT2D eigenvalue weighted by atomic mass is 16.2. The first-order chi connectivity index (χ1) is 13.0. The van der Waals surface area contributed by atoms with Crippen LogP contribution in [0.15, 0.2) is 18.5 Å². The van der Waals surface area contributed by atoms with Gasteiger partial charge in [0.25, 0.3) is 11.8 Å². The molecule has 2 rings (SSSR count). The monoisotopic (exact) mass is 375 g/mol. The van der Waals surface area contributed by atoms with Crippen LogP contribution in [-0.4, -0.2) is 52.2 Å². The fraction of sp³-hybridized carbons (Fsp3) is 0.312. The smallest absolute Gasteiger partial charge is 0.287 e. The summed E-state index contributed by atoms with van der Waals surface area (Å²) in [6, 6.07) is 1.47. The van der Waals surface area contributed by atoms with Crippen molar-refractivity contribution >= 4 is 35.6 Å². The van der Waals surface area contributed by atoms with E-state index in [4.69, 9.17) is 0 Å². The number of hydrogen-bond acceptors (Lipinski definition) is 5. The van der Waals surface area contributed by atoms with E-state index in [-0.39, 0.29) is 42.1 Å². The van der Waals surface area contributed by atoms with Crippen molar-refractivity contribution < 1.29 is 19.2 Å². The second kappa shape index (κ2) is 9.75. The molecular weight excluding hydrogens is 354 g/mol. The molecule has 27 heavy (non-hydrogen) atoms. The van der Waals surface area contributed by atoms with E-state index in [0.29, 0.717) is 18.6 Å². The number of H-pyrrole nitrogens is 2. The van der Waals surface area contributed by atoms with Crippen molar-refractivity contribution in [1.82, 2.24) is 25.6 Å². The van der Waals surface area contributed by atoms with Crippen molar-refractivity contribution in [1.29, 1.82) is 0 Å². The van der Waals surface area contributed by atoms with Crippen LogP contribution in [0.4, 0.5) is 11.5 Å². The number of aromatic amines is 2. The highest BCUT2D eigenvalue weighted by Gasteiger charge is 2.12. The molecule has 0 spiro atoms. The van der Waals surface area contributed by atoms with Gasteiger partial charge in [-0.3, -0.25) is 19.2 Å². The Morgan fingerprint density at radius 1 is 1.11 bits per heavy atom. The molecule has 0 fully saturated rings. The topological polar surface area (TPSA) is 161 Å². The van der Waals surface area contributed by atoms with Crippen molar-refractivity contribution in [2.24, 2.45) is 0 Å². The third kappa shape index (κ3) is 5.99. The summed E-state index contributed by atoms with van der Waals surface area (Å²) in [5.41, 5.74) is 0.722. The van der Waals surface area contributed by atoms with Crippen molar-refractivity contribution in [3.63, 3.8) is 0 Å². The van der Waals surface area contributed by atoms with E-state index in [1.807, 2.05) is 6.92 Å². The number of anilines is 2. The molecule has 0 atom stereocenters. The molecule has 0 aliphatic rings. The number of amides is 4. The molecule has 0 bridgehead atoms. The van der Waals surface area contributed by atoms with Crippen LogP contribution < -0.4 is 21.3 Å². The molecule has 0 aliphatic carbocycles. The van der Waals surface area contributed by atoms with Gasteiger partial charge in [-0.1, -0.05) is 6.92 Å². The van der Waals surface area contributed by atoms with Gasteiger partial charge in [-0.05, 0) is 12.5 Å². The van der Waals surface area contributed by atoms with Gasteiger partial charge in [0, 0.05) is 31.9 Å². The average molecular weight is 375 g/mol. The minimum Gasteiger partial charge on any atom is -0.355 e. The molecule has 0 radical (unpaired) electrons. The molecule has 0 aromatic carbocycles. The van der Waals surface area contributed by atoms with Gasteiger partial charge < -0.3 is 31.2 Å². The van der Waals surface area contributed by atoms with Crippen LogP contribution >= 0.6 is 0 Å². The summed E-state index contributed by atoms with van der Waals surface area (Å²) < 4.78 is 0. The lowest BCUT2D eigenvalue weighted by atomic mass is 10.3. The number of nitrogens with one attached hydrogen (secondary N) is 6. The molecule has 11 heteroatoms. The van der Waals surface area contributed by atoms with Crippen molar-refractivity contribution in [2.75, 3.05) is 23.7 Å². The Labute approximate surface area is 154 Å². The minimum absolute atomic E-state index is 0.0239. The van der Waals surface area contributed by atoms with Crippen LogP contribution in [0.3, 0.4) is 0 Å². The van der Waals surface area contributed by atoms with Crippen LogP contribution in [0, 0.1) is 0 Å². The van der Waals surface area contributed by atoms with Gasteiger partial charge in [0.2, 0.25) is 12.3 Å². The molecule has 6 N–H and O–H groups in total. The number of carbonyl (C=O) groups is 4. The highest BCUT2D eigenvalue weighted by molar-refractivity contribution is 5.95. The molecule has 2 aromatic rings. The van der Waals surface area contributed by atoms with Crippen LogP contribution in [0.25, 0.3) is 0 Å². The second-order valence-electron chi connectivity index (χ2n) is 5.51. The van der Waals surface area contributed by atoms with Gasteiger partial charge in [-0.25, -0.2) is 4.98 Å². The average Bonchev–Trinajstić information content (AvgIpc) is 3.29. The maximum Gasteiger partial charge on any atom is 0.287 e. The molecule has 0 aliphatic heterocycles. The Bertz CT molecular complexity index is 811. The van der Waals surface area contributed by atoms with Crippen molar-refractivity contribution in [2.45, 2.75) is 19.8 Å². The molecule has 0 saturated carbocycles. The summed E-state index contributed by atoms with van der Waals surface area (Å²) in [6.07, 6.45) is 4.22. The largest absolute Gasteiger partial charge is 0.355 e. The van der Waals surface area contributed by atoms with Crippen LogP contribution in [0.5, 0.6) is 0 Å². The summed E-state index contributed by atoms with van der Waals surface area (Å²) in [7, 11) is 0. The van der Waals surface area contributed by atoms with Gasteiger partial charge in [0.1, 0.15) is 5.69 Å². The number of imidazole rings is 1. The molecular formula is C16H21N7O4. The first-order valence-corrected chi connectivity index (χ1v) is 8.33. The third-order valence-corrected chi connectivity index (χ3v) is 3.39. The van der Waals surface area contributed by atoms with E-state index in [9.17, 15) is 19.2 Å².